The summed E-state index contributed by atoms with van der Waals surface area (Å²) in [4.78, 5) is 29.6. The van der Waals surface area contributed by atoms with E-state index in [9.17, 15) is 9.59 Å². The first-order chi connectivity index (χ1) is 16.1. The standard InChI is InChI=1S/C26H20ClN3O3/c27-21-8-4-7-20(15-21)24-10-9-22(33-24)16-23(30-25(31)19-5-2-1-3-6-19)26(32)29-17-18-11-13-28-14-12-18/h1-16H,17H2,(H,29,32)(H,30,31)/b23-16-. The number of carbonyl (C=O) groups excluding carboxylic acids is 2. The molecular weight excluding hydrogens is 438 g/mol. The number of nitrogens with one attached hydrogen (secondary N) is 2. The largest absolute Gasteiger partial charge is 0.457 e. The minimum Gasteiger partial charge on any atom is -0.457 e. The molecule has 4 rings (SSSR count). The molecule has 2 amide bonds. The SMILES string of the molecule is O=C(NCc1ccncc1)/C(=C/c1ccc(-c2cccc(Cl)c2)o1)NC(=O)c1ccccc1. The lowest BCUT2D eigenvalue weighted by Gasteiger charge is -2.11. The Morgan fingerprint density at radius 2 is 1.73 bits per heavy atom. The highest BCUT2D eigenvalue weighted by molar-refractivity contribution is 6.30. The van der Waals surface area contributed by atoms with Gasteiger partial charge in [0.05, 0.1) is 0 Å². The highest BCUT2D eigenvalue weighted by Crippen LogP contribution is 2.25. The Hall–Kier alpha value is -4.16. The number of hydrogen-bond donors (Lipinski definition) is 2. The topological polar surface area (TPSA) is 84.2 Å². The number of hydrogen-bond acceptors (Lipinski definition) is 4. The van der Waals surface area contributed by atoms with Crippen molar-refractivity contribution < 1.29 is 14.0 Å². The summed E-state index contributed by atoms with van der Waals surface area (Å²) in [6, 6.07) is 23.0. The van der Waals surface area contributed by atoms with Gasteiger partial charge >= 0.3 is 0 Å². The number of furan rings is 1. The molecular formula is C26H20ClN3O3. The van der Waals surface area contributed by atoms with Crippen LogP contribution >= 0.6 is 11.6 Å². The van der Waals surface area contributed by atoms with Crippen molar-refractivity contribution >= 4 is 29.5 Å². The lowest BCUT2D eigenvalue weighted by Crippen LogP contribution is -2.34. The first-order valence-corrected chi connectivity index (χ1v) is 10.6. The zero-order valence-electron chi connectivity index (χ0n) is 17.5. The molecule has 4 aromatic rings. The van der Waals surface area contributed by atoms with Crippen LogP contribution in [-0.4, -0.2) is 16.8 Å². The van der Waals surface area contributed by atoms with E-state index in [0.29, 0.717) is 22.1 Å². The van der Waals surface area contributed by atoms with Crippen LogP contribution in [0.2, 0.25) is 5.02 Å². The minimum absolute atomic E-state index is 0.0601. The van der Waals surface area contributed by atoms with Gasteiger partial charge in [-0.05, 0) is 54.1 Å². The average Bonchev–Trinajstić information content (AvgIpc) is 3.32. The highest BCUT2D eigenvalue weighted by atomic mass is 35.5. The van der Waals surface area contributed by atoms with Crippen molar-refractivity contribution in [1.82, 2.24) is 15.6 Å². The van der Waals surface area contributed by atoms with E-state index in [4.69, 9.17) is 16.0 Å². The monoisotopic (exact) mass is 457 g/mol. The third kappa shape index (κ3) is 5.96. The van der Waals surface area contributed by atoms with E-state index >= 15 is 0 Å². The van der Waals surface area contributed by atoms with Crippen LogP contribution in [0.1, 0.15) is 21.7 Å². The molecule has 2 heterocycles. The molecule has 0 bridgehead atoms. The Bertz CT molecular complexity index is 1280. The van der Waals surface area contributed by atoms with Gasteiger partial charge in [0.2, 0.25) is 0 Å². The molecule has 0 spiro atoms. The second-order valence-corrected chi connectivity index (χ2v) is 7.57. The third-order valence-corrected chi connectivity index (χ3v) is 4.99. The Morgan fingerprint density at radius 3 is 2.48 bits per heavy atom. The maximum Gasteiger partial charge on any atom is 0.268 e. The van der Waals surface area contributed by atoms with Crippen molar-refractivity contribution in [1.29, 1.82) is 0 Å². The summed E-state index contributed by atoms with van der Waals surface area (Å²) >= 11 is 6.07. The van der Waals surface area contributed by atoms with Gasteiger partial charge < -0.3 is 15.1 Å². The predicted octanol–water partition coefficient (Wildman–Crippen LogP) is 5.08. The Morgan fingerprint density at radius 1 is 0.939 bits per heavy atom. The number of amides is 2. The molecule has 33 heavy (non-hydrogen) atoms. The second-order valence-electron chi connectivity index (χ2n) is 7.13. The number of carbonyl (C=O) groups is 2. The molecule has 7 heteroatoms. The zero-order valence-corrected chi connectivity index (χ0v) is 18.3. The Kier molecular flexibility index (Phi) is 6.97. The molecule has 0 saturated heterocycles. The van der Waals surface area contributed by atoms with Gasteiger partial charge in [-0.25, -0.2) is 0 Å². The van der Waals surface area contributed by atoms with E-state index in [2.05, 4.69) is 15.6 Å². The van der Waals surface area contributed by atoms with Crippen LogP contribution in [0.4, 0.5) is 0 Å². The van der Waals surface area contributed by atoms with Crippen molar-refractivity contribution in [3.05, 3.63) is 119 Å². The Labute approximate surface area is 195 Å². The molecule has 0 atom stereocenters. The van der Waals surface area contributed by atoms with E-state index in [1.165, 1.54) is 6.08 Å². The van der Waals surface area contributed by atoms with Crippen molar-refractivity contribution in [3.8, 4) is 11.3 Å². The van der Waals surface area contributed by atoms with Gasteiger partial charge in [0.15, 0.2) is 0 Å². The van der Waals surface area contributed by atoms with E-state index in [-0.39, 0.29) is 12.2 Å². The molecule has 2 aromatic carbocycles. The van der Waals surface area contributed by atoms with E-state index in [1.807, 2.05) is 18.2 Å². The lowest BCUT2D eigenvalue weighted by molar-refractivity contribution is -0.117. The lowest BCUT2D eigenvalue weighted by atomic mass is 10.2. The summed E-state index contributed by atoms with van der Waals surface area (Å²) in [5.74, 6) is 0.154. The normalized spacial score (nSPS) is 11.1. The molecule has 0 aliphatic rings. The number of benzene rings is 2. The highest BCUT2D eigenvalue weighted by Gasteiger charge is 2.16. The first-order valence-electron chi connectivity index (χ1n) is 10.2. The summed E-state index contributed by atoms with van der Waals surface area (Å²) in [6.07, 6.45) is 4.79. The first kappa shape index (κ1) is 22.0. The molecule has 0 fully saturated rings. The minimum atomic E-state index is -0.447. The molecule has 6 nitrogen and oxygen atoms in total. The van der Waals surface area contributed by atoms with Gasteiger partial charge in [-0.3, -0.25) is 14.6 Å². The average molecular weight is 458 g/mol. The van der Waals surface area contributed by atoms with Crippen molar-refractivity contribution in [3.63, 3.8) is 0 Å². The van der Waals surface area contributed by atoms with Gasteiger partial charge in [-0.1, -0.05) is 41.9 Å². The predicted molar refractivity (Wildman–Crippen MR) is 127 cm³/mol. The number of nitrogens with zero attached hydrogens (tertiary/aromatic N) is 1. The van der Waals surface area contributed by atoms with Gasteiger partial charge in [0.1, 0.15) is 17.2 Å². The van der Waals surface area contributed by atoms with E-state index < -0.39 is 11.8 Å². The van der Waals surface area contributed by atoms with Gasteiger partial charge in [-0.15, -0.1) is 0 Å². The van der Waals surface area contributed by atoms with Crippen LogP contribution < -0.4 is 10.6 Å². The fourth-order valence-corrected chi connectivity index (χ4v) is 3.28. The maximum absolute atomic E-state index is 12.9. The van der Waals surface area contributed by atoms with Crippen LogP contribution in [0, 0.1) is 0 Å². The zero-order chi connectivity index (χ0) is 23.0. The molecule has 2 N–H and O–H groups in total. The Balaban J connectivity index is 1.58. The molecule has 0 aliphatic heterocycles. The van der Waals surface area contributed by atoms with Gasteiger partial charge in [0.25, 0.3) is 11.8 Å². The van der Waals surface area contributed by atoms with Crippen LogP contribution in [0.3, 0.4) is 0 Å². The smallest absolute Gasteiger partial charge is 0.268 e. The quantitative estimate of drug-likeness (QED) is 0.379. The number of rotatable bonds is 7. The summed E-state index contributed by atoms with van der Waals surface area (Å²) < 4.78 is 5.88. The number of pyridine rings is 1. The molecule has 0 saturated carbocycles. The molecule has 0 unspecified atom stereocenters. The molecule has 164 valence electrons. The van der Waals surface area contributed by atoms with Crippen LogP contribution in [0.5, 0.6) is 0 Å². The van der Waals surface area contributed by atoms with Gasteiger partial charge in [-0.2, -0.15) is 0 Å². The van der Waals surface area contributed by atoms with Crippen LogP contribution in [0.15, 0.2) is 101 Å². The molecule has 0 aliphatic carbocycles. The molecule has 2 aromatic heterocycles. The van der Waals surface area contributed by atoms with E-state index in [1.54, 1.807) is 73.1 Å². The molecule has 0 radical (unpaired) electrons. The van der Waals surface area contributed by atoms with E-state index in [0.717, 1.165) is 11.1 Å². The second kappa shape index (κ2) is 10.4. The summed E-state index contributed by atoms with van der Waals surface area (Å²) in [5.41, 5.74) is 2.18. The maximum atomic E-state index is 12.9. The number of halogens is 1. The van der Waals surface area contributed by atoms with Crippen molar-refractivity contribution in [2.75, 3.05) is 0 Å². The summed E-state index contributed by atoms with van der Waals surface area (Å²) in [6.45, 7) is 0.284. The summed E-state index contributed by atoms with van der Waals surface area (Å²) in [5, 5.41) is 6.10. The fraction of sp³-hybridized carbons (Fsp3) is 0.0385. The van der Waals surface area contributed by atoms with Crippen molar-refractivity contribution in [2.24, 2.45) is 0 Å². The van der Waals surface area contributed by atoms with Gasteiger partial charge in [0, 0.05) is 41.2 Å². The van der Waals surface area contributed by atoms with Crippen LogP contribution in [-0.2, 0) is 11.3 Å². The fourth-order valence-electron chi connectivity index (χ4n) is 3.09. The summed E-state index contributed by atoms with van der Waals surface area (Å²) in [7, 11) is 0. The van der Waals surface area contributed by atoms with Crippen molar-refractivity contribution in [2.45, 2.75) is 6.54 Å². The third-order valence-electron chi connectivity index (χ3n) is 4.75. The number of aromatic nitrogens is 1. The van der Waals surface area contributed by atoms with Crippen LogP contribution in [0.25, 0.3) is 17.4 Å².